The summed E-state index contributed by atoms with van der Waals surface area (Å²) in [6.45, 7) is 8.39. The predicted octanol–water partition coefficient (Wildman–Crippen LogP) is 26.9. The molecule has 8 rings (SSSR count). The van der Waals surface area contributed by atoms with Crippen LogP contribution in [0, 0.1) is 32.6 Å². The summed E-state index contributed by atoms with van der Waals surface area (Å²) in [6.07, 6.45) is 5.55. The van der Waals surface area contributed by atoms with Gasteiger partial charge in [-0.3, -0.25) is 4.93 Å². The van der Waals surface area contributed by atoms with Gasteiger partial charge in [-0.25, -0.2) is 0 Å². The van der Waals surface area contributed by atoms with Crippen molar-refractivity contribution in [2.24, 2.45) is 0 Å². The smallest absolute Gasteiger partial charge is 0.423 e. The first kappa shape index (κ1) is 93.1. The van der Waals surface area contributed by atoms with Crippen LogP contribution in [0.2, 0.25) is 0 Å². The summed E-state index contributed by atoms with van der Waals surface area (Å²) in [5, 5.41) is 17.3. The number of aryl methyl sites for hydroxylation is 5. The number of hydrogen-bond donors (Lipinski definition) is 2. The summed E-state index contributed by atoms with van der Waals surface area (Å²) in [5.74, 6) is 0.197. The van der Waals surface area contributed by atoms with Gasteiger partial charge in [0, 0.05) is 18.6 Å². The zero-order chi connectivity index (χ0) is 66.4. The molecule has 1 radical (unpaired) electrons. The standard InChI is InChI=1S/C15H19F3.C14H17F3.C14H15F3.C9H9F3.C6H11BO2.CHI3.CH2I2.2CH3I.CH2I.V/c1-2-11-8-9-13(12-6-4-3-5-7-12)14(10-11)15(16,17)18;2*1-10-7-8-12(11-5-3-2-4-6-11)13(9-10)14(15,16)17;1-6-3-4-7(2)8(5-6)9(10,11)12;8-7(9)6-4-2-1-3-5-6;2-1(3)4;2-1-3;3*1-2;/h8-10,12H,2-7H2,1H3;7-9,11H,2-6H2,1H3;5,7-9H,2-4,6H2,1H3;3-5H,1-2H3;4,8-9H,1-3,5H2;1H;1H2;2*1H3;1H2;/q;;;;;;;;;-1;. The molecule has 0 unspecified atom stereocenters. The molecule has 0 amide bonds. The molecule has 4 aromatic carbocycles. The average Bonchev–Trinajstić information content (AvgIpc) is 2.97. The first-order valence-corrected chi connectivity index (χ1v) is 40.5. The van der Waals surface area contributed by atoms with Gasteiger partial charge < -0.3 is 32.6 Å². The molecule has 2 saturated carbocycles. The summed E-state index contributed by atoms with van der Waals surface area (Å²) >= 11 is 17.7. The number of rotatable bonds is 5. The van der Waals surface area contributed by atoms with Gasteiger partial charge in [-0.2, -0.15) is 52.7 Å². The zero-order valence-electron chi connectivity index (χ0n) is 50.1. The third kappa shape index (κ3) is 39.7. The van der Waals surface area contributed by atoms with Crippen LogP contribution in [-0.2, 0) is 49.7 Å². The molecule has 0 aromatic heterocycles. The molecule has 0 saturated heterocycles. The summed E-state index contributed by atoms with van der Waals surface area (Å²) in [5.41, 5.74) is 4.15. The van der Waals surface area contributed by atoms with E-state index in [1.807, 2.05) is 57.6 Å². The van der Waals surface area contributed by atoms with E-state index >= 15 is 0 Å². The minimum Gasteiger partial charge on any atom is -0.423 e. The fourth-order valence-corrected chi connectivity index (χ4v) is 9.92. The molecular formula is C63H82BF12I8O2V-. The van der Waals surface area contributed by atoms with Gasteiger partial charge >= 0.3 is 31.8 Å². The predicted molar refractivity (Wildman–Crippen MR) is 407 cm³/mol. The number of halogens is 20. The van der Waals surface area contributed by atoms with E-state index in [0.717, 1.165) is 132 Å². The van der Waals surface area contributed by atoms with Crippen LogP contribution in [0.5, 0.6) is 0 Å². The van der Waals surface area contributed by atoms with Crippen molar-refractivity contribution in [1.29, 1.82) is 0 Å². The SMILES string of the molecule is CCc1ccc(C2CCCCC2)c(C(F)(F)F)c1.CI.CI.Cc1ccc(C)c(C(F)(F)F)c1.Cc1ccc(C2=CCCCC2)c(C(F)(F)F)c1.Cc1ccc(C2CCCCC2)c(C(F)(F)F)c1.IC(I)I.ICI.OB(O)C1=CCCCC1.[CH2-]I.[V]. The Balaban J connectivity index is -0.000000975. The molecule has 4 aromatic rings. The van der Waals surface area contributed by atoms with Crippen molar-refractivity contribution in [3.05, 3.63) is 162 Å². The van der Waals surface area contributed by atoms with Crippen LogP contribution < -0.4 is 0 Å². The van der Waals surface area contributed by atoms with Gasteiger partial charge in [0.25, 0.3) is 0 Å². The molecular weight excluding hydrogens is 2090 g/mol. The molecule has 0 aliphatic heterocycles. The van der Waals surface area contributed by atoms with E-state index < -0.39 is 54.1 Å². The van der Waals surface area contributed by atoms with Crippen LogP contribution >= 0.6 is 181 Å². The molecule has 87 heavy (non-hydrogen) atoms. The molecule has 0 atom stereocenters. The van der Waals surface area contributed by atoms with Crippen LogP contribution in [0.4, 0.5) is 52.7 Å². The second-order valence-electron chi connectivity index (χ2n) is 20.1. The van der Waals surface area contributed by atoms with Gasteiger partial charge in [-0.15, -0.1) is 0 Å². The van der Waals surface area contributed by atoms with Crippen molar-refractivity contribution in [3.63, 3.8) is 0 Å². The van der Waals surface area contributed by atoms with Gasteiger partial charge in [0.1, 0.15) is -0.0619 Å². The summed E-state index contributed by atoms with van der Waals surface area (Å²) in [7, 11) is -1.20. The van der Waals surface area contributed by atoms with Crippen molar-refractivity contribution in [1.82, 2.24) is 0 Å². The third-order valence-corrected chi connectivity index (χ3v) is 13.9. The van der Waals surface area contributed by atoms with Crippen molar-refractivity contribution in [2.45, 2.75) is 193 Å². The molecule has 2 N–H and O–H groups in total. The Hall–Kier alpha value is 1.93. The molecule has 4 aliphatic rings. The Morgan fingerprint density at radius 3 is 1.20 bits per heavy atom. The number of benzene rings is 4. The Morgan fingerprint density at radius 1 is 0.494 bits per heavy atom. The molecule has 4 aliphatic carbocycles. The van der Waals surface area contributed by atoms with Crippen molar-refractivity contribution in [2.75, 3.05) is 12.3 Å². The molecule has 495 valence electrons. The van der Waals surface area contributed by atoms with Crippen LogP contribution in [0.3, 0.4) is 0 Å². The van der Waals surface area contributed by atoms with Crippen molar-refractivity contribution < 1.29 is 81.3 Å². The molecule has 2 fully saturated rings. The van der Waals surface area contributed by atoms with Gasteiger partial charge in [0.05, 0.1) is 24.7 Å². The minimum absolute atomic E-state index is 0. The summed E-state index contributed by atoms with van der Waals surface area (Å²) in [4.78, 5) is 7.16. The number of alkyl halides is 19. The maximum Gasteiger partial charge on any atom is 0.483 e. The van der Waals surface area contributed by atoms with Crippen LogP contribution in [0.1, 0.15) is 201 Å². The first-order chi connectivity index (χ1) is 40.3. The fraction of sp³-hybridized carbons (Fsp3) is 0.540. The summed E-state index contributed by atoms with van der Waals surface area (Å²) < 4.78 is 156. The van der Waals surface area contributed by atoms with Crippen LogP contribution in [0.15, 0.2) is 90.4 Å². The van der Waals surface area contributed by atoms with Crippen molar-refractivity contribution >= 4 is 193 Å². The molecule has 2 nitrogen and oxygen atoms in total. The Morgan fingerprint density at radius 2 is 0.851 bits per heavy atom. The molecule has 0 heterocycles. The normalized spacial score (nSPS) is 15.0. The second kappa shape index (κ2) is 51.2. The van der Waals surface area contributed by atoms with Gasteiger partial charge in [-0.1, -0.05) is 281 Å². The molecule has 24 heteroatoms. The van der Waals surface area contributed by atoms with E-state index in [-0.39, 0.29) is 36.0 Å². The topological polar surface area (TPSA) is 40.5 Å². The maximum atomic E-state index is 13.1. The van der Waals surface area contributed by atoms with E-state index in [9.17, 15) is 52.7 Å². The third-order valence-electron chi connectivity index (χ3n) is 13.9. The fourth-order valence-electron chi connectivity index (χ4n) is 9.92. The Kier molecular flexibility index (Phi) is 54.8. The zero-order valence-corrected chi connectivity index (χ0v) is 68.8. The van der Waals surface area contributed by atoms with Crippen molar-refractivity contribution in [3.8, 4) is 0 Å². The Labute approximate surface area is 633 Å². The van der Waals surface area contributed by atoms with E-state index in [4.69, 9.17) is 10.0 Å². The summed E-state index contributed by atoms with van der Waals surface area (Å²) in [6, 6.07) is 18.6. The van der Waals surface area contributed by atoms with E-state index in [1.54, 1.807) is 57.2 Å². The van der Waals surface area contributed by atoms with Crippen LogP contribution in [-0.4, -0.2) is 29.4 Å². The van der Waals surface area contributed by atoms with E-state index in [0.29, 0.717) is 39.8 Å². The average molecular weight is 2180 g/mol. The maximum absolute atomic E-state index is 13.1. The number of allylic oxidation sites excluding steroid dienone is 4. The monoisotopic (exact) mass is 2180 g/mol. The van der Waals surface area contributed by atoms with Gasteiger partial charge in [-0.05, 0) is 196 Å². The minimum atomic E-state index is -4.26. The van der Waals surface area contributed by atoms with Gasteiger partial charge in [0.15, 0.2) is 0 Å². The Bertz CT molecular complexity index is 2510. The first-order valence-electron chi connectivity index (χ1n) is 27.9. The van der Waals surface area contributed by atoms with Gasteiger partial charge in [0.2, 0.25) is 0 Å². The molecule has 0 bridgehead atoms. The number of hydrogen-bond acceptors (Lipinski definition) is 2. The van der Waals surface area contributed by atoms with E-state index in [2.05, 4.69) is 163 Å². The van der Waals surface area contributed by atoms with E-state index in [1.165, 1.54) is 40.0 Å². The van der Waals surface area contributed by atoms with Crippen LogP contribution in [0.25, 0.3) is 5.57 Å². The molecule has 0 spiro atoms. The quantitative estimate of drug-likeness (QED) is 0.0687. The second-order valence-corrected chi connectivity index (χ2v) is 35.4. The largest absolute Gasteiger partial charge is 0.483 e.